The second kappa shape index (κ2) is 6.38. The van der Waals surface area contributed by atoms with Gasteiger partial charge < -0.3 is 9.80 Å². The van der Waals surface area contributed by atoms with Gasteiger partial charge in [0.15, 0.2) is 0 Å². The average molecular weight is 324 g/mol. The molecule has 1 atom stereocenters. The summed E-state index contributed by atoms with van der Waals surface area (Å²) in [6.07, 6.45) is 7.35. The molecule has 2 aromatic rings. The molecule has 4 rings (SSSR count). The van der Waals surface area contributed by atoms with Gasteiger partial charge in [-0.25, -0.2) is 4.98 Å². The highest BCUT2D eigenvalue weighted by Crippen LogP contribution is 2.30. The molecule has 5 heteroatoms. The minimum Gasteiger partial charge on any atom is -0.353 e. The molecule has 1 unspecified atom stereocenters. The molecule has 1 amide bonds. The quantitative estimate of drug-likeness (QED) is 0.871. The van der Waals surface area contributed by atoms with Crippen LogP contribution in [0.15, 0.2) is 30.5 Å². The van der Waals surface area contributed by atoms with Gasteiger partial charge in [-0.05, 0) is 37.8 Å². The largest absolute Gasteiger partial charge is 0.353 e. The average Bonchev–Trinajstić information content (AvgIpc) is 2.59. The summed E-state index contributed by atoms with van der Waals surface area (Å²) in [6.45, 7) is 1.83. The molecule has 2 fully saturated rings. The monoisotopic (exact) mass is 324 g/mol. The zero-order valence-electron chi connectivity index (χ0n) is 14.2. The van der Waals surface area contributed by atoms with Crippen LogP contribution in [0.5, 0.6) is 0 Å². The number of benzene rings is 1. The van der Waals surface area contributed by atoms with Crippen molar-refractivity contribution < 1.29 is 4.79 Å². The maximum absolute atomic E-state index is 12.5. The van der Waals surface area contributed by atoms with Gasteiger partial charge >= 0.3 is 0 Å². The van der Waals surface area contributed by atoms with E-state index in [2.05, 4.69) is 9.88 Å². The highest BCUT2D eigenvalue weighted by atomic mass is 16.2. The van der Waals surface area contributed by atoms with Crippen molar-refractivity contribution in [3.63, 3.8) is 0 Å². The summed E-state index contributed by atoms with van der Waals surface area (Å²) in [5.41, 5.74) is 1.85. The molecule has 1 saturated heterocycles. The van der Waals surface area contributed by atoms with Crippen molar-refractivity contribution in [2.75, 3.05) is 25.0 Å². The molecular weight excluding hydrogens is 300 g/mol. The zero-order chi connectivity index (χ0) is 16.5. The minimum absolute atomic E-state index is 0.269. The van der Waals surface area contributed by atoms with E-state index in [-0.39, 0.29) is 12.0 Å². The van der Waals surface area contributed by atoms with E-state index >= 15 is 0 Å². The number of para-hydroxylation sites is 2. The molecule has 0 bridgehead atoms. The summed E-state index contributed by atoms with van der Waals surface area (Å²) in [5.74, 6) is 1.52. The first-order valence-corrected chi connectivity index (χ1v) is 8.96. The fourth-order valence-corrected chi connectivity index (χ4v) is 3.70. The number of aromatic nitrogens is 2. The first-order chi connectivity index (χ1) is 11.7. The number of nitrogens with zero attached hydrogens (tertiary/aromatic N) is 4. The second-order valence-corrected chi connectivity index (χ2v) is 7.04. The number of hydrogen-bond acceptors (Lipinski definition) is 4. The highest BCUT2D eigenvalue weighted by molar-refractivity contribution is 5.80. The zero-order valence-corrected chi connectivity index (χ0v) is 14.2. The van der Waals surface area contributed by atoms with Gasteiger partial charge in [-0.3, -0.25) is 9.78 Å². The predicted octanol–water partition coefficient (Wildman–Crippen LogP) is 2.86. The number of rotatable bonds is 3. The lowest BCUT2D eigenvalue weighted by Gasteiger charge is -2.40. The van der Waals surface area contributed by atoms with E-state index < -0.39 is 0 Å². The Morgan fingerprint density at radius 1 is 1.17 bits per heavy atom. The molecule has 1 aromatic heterocycles. The van der Waals surface area contributed by atoms with Crippen LogP contribution in [0.2, 0.25) is 0 Å². The Kier molecular flexibility index (Phi) is 4.08. The SMILES string of the molecule is CN(C(=O)C1CCC1)C1CCCN(c2cnc3ccccc3n2)C1. The smallest absolute Gasteiger partial charge is 0.225 e. The molecular formula is C19H24N4O. The van der Waals surface area contributed by atoms with Crippen molar-refractivity contribution in [3.8, 4) is 0 Å². The van der Waals surface area contributed by atoms with E-state index in [9.17, 15) is 4.79 Å². The molecule has 0 spiro atoms. The second-order valence-electron chi connectivity index (χ2n) is 7.04. The van der Waals surface area contributed by atoms with E-state index in [4.69, 9.17) is 4.98 Å². The topological polar surface area (TPSA) is 49.3 Å². The summed E-state index contributed by atoms with van der Waals surface area (Å²) < 4.78 is 0. The molecule has 1 aliphatic carbocycles. The Balaban J connectivity index is 1.50. The lowest BCUT2D eigenvalue weighted by molar-refractivity contribution is -0.139. The Bertz CT molecular complexity index is 743. The van der Waals surface area contributed by atoms with Crippen molar-refractivity contribution in [2.45, 2.75) is 38.1 Å². The fraction of sp³-hybridized carbons (Fsp3) is 0.526. The lowest BCUT2D eigenvalue weighted by atomic mass is 9.84. The molecule has 0 N–H and O–H groups in total. The molecule has 0 radical (unpaired) electrons. The molecule has 2 heterocycles. The van der Waals surface area contributed by atoms with Crippen LogP contribution in [0.4, 0.5) is 5.82 Å². The van der Waals surface area contributed by atoms with Crippen LogP contribution in [0.25, 0.3) is 11.0 Å². The minimum atomic E-state index is 0.269. The maximum Gasteiger partial charge on any atom is 0.225 e. The van der Waals surface area contributed by atoms with Crippen molar-refractivity contribution in [2.24, 2.45) is 5.92 Å². The molecule has 1 aliphatic heterocycles. The van der Waals surface area contributed by atoms with Gasteiger partial charge in [0, 0.05) is 32.1 Å². The lowest BCUT2D eigenvalue weighted by Crippen LogP contribution is -2.51. The first-order valence-electron chi connectivity index (χ1n) is 8.96. The van der Waals surface area contributed by atoms with Crippen LogP contribution < -0.4 is 4.90 Å². The summed E-state index contributed by atoms with van der Waals surface area (Å²) in [6, 6.07) is 8.23. The van der Waals surface area contributed by atoms with Crippen molar-refractivity contribution >= 4 is 22.8 Å². The van der Waals surface area contributed by atoms with Crippen LogP contribution in [0.1, 0.15) is 32.1 Å². The highest BCUT2D eigenvalue weighted by Gasteiger charge is 2.33. The fourth-order valence-electron chi connectivity index (χ4n) is 3.70. The Hall–Kier alpha value is -2.17. The van der Waals surface area contributed by atoms with Gasteiger partial charge in [0.2, 0.25) is 5.91 Å². The van der Waals surface area contributed by atoms with Gasteiger partial charge in [-0.1, -0.05) is 18.6 Å². The molecule has 24 heavy (non-hydrogen) atoms. The van der Waals surface area contributed by atoms with E-state index in [1.54, 1.807) is 0 Å². The van der Waals surface area contributed by atoms with Crippen LogP contribution >= 0.6 is 0 Å². The molecule has 5 nitrogen and oxygen atoms in total. The van der Waals surface area contributed by atoms with E-state index in [0.717, 1.165) is 55.6 Å². The van der Waals surface area contributed by atoms with Crippen LogP contribution in [0.3, 0.4) is 0 Å². The number of piperidine rings is 1. The molecule has 1 aromatic carbocycles. The Labute approximate surface area is 142 Å². The van der Waals surface area contributed by atoms with Gasteiger partial charge in [-0.15, -0.1) is 0 Å². The summed E-state index contributed by atoms with van der Waals surface area (Å²) >= 11 is 0. The third-order valence-electron chi connectivity index (χ3n) is 5.51. The molecule has 126 valence electrons. The Morgan fingerprint density at radius 3 is 2.71 bits per heavy atom. The van der Waals surface area contributed by atoms with Crippen molar-refractivity contribution in [3.05, 3.63) is 30.5 Å². The van der Waals surface area contributed by atoms with Crippen LogP contribution in [0, 0.1) is 5.92 Å². The van der Waals surface area contributed by atoms with Gasteiger partial charge in [0.1, 0.15) is 5.82 Å². The summed E-state index contributed by atoms with van der Waals surface area (Å²) in [7, 11) is 1.97. The summed E-state index contributed by atoms with van der Waals surface area (Å²) in [5, 5.41) is 0. The van der Waals surface area contributed by atoms with Crippen LogP contribution in [-0.2, 0) is 4.79 Å². The van der Waals surface area contributed by atoms with Crippen molar-refractivity contribution in [1.29, 1.82) is 0 Å². The van der Waals surface area contributed by atoms with Crippen LogP contribution in [-0.4, -0.2) is 47.0 Å². The standard InChI is InChI=1S/C19H24N4O/c1-22(19(24)14-6-4-7-14)15-8-5-11-23(13-15)18-12-20-16-9-2-3-10-17(16)21-18/h2-3,9-10,12,14-15H,4-8,11,13H2,1H3. The van der Waals surface area contributed by atoms with E-state index in [1.165, 1.54) is 6.42 Å². The van der Waals surface area contributed by atoms with Gasteiger partial charge in [0.25, 0.3) is 0 Å². The van der Waals surface area contributed by atoms with Gasteiger partial charge in [-0.2, -0.15) is 0 Å². The Morgan fingerprint density at radius 2 is 1.96 bits per heavy atom. The summed E-state index contributed by atoms with van der Waals surface area (Å²) in [4.78, 5) is 26.1. The van der Waals surface area contributed by atoms with E-state index in [0.29, 0.717) is 5.91 Å². The number of carbonyl (C=O) groups excluding carboxylic acids is 1. The number of carbonyl (C=O) groups is 1. The van der Waals surface area contributed by atoms with Gasteiger partial charge in [0.05, 0.1) is 17.2 Å². The normalized spacial score (nSPS) is 21.5. The van der Waals surface area contributed by atoms with Crippen molar-refractivity contribution in [1.82, 2.24) is 14.9 Å². The third-order valence-corrected chi connectivity index (χ3v) is 5.51. The first kappa shape index (κ1) is 15.4. The maximum atomic E-state index is 12.5. The van der Waals surface area contributed by atoms with E-state index in [1.807, 2.05) is 42.4 Å². The molecule has 1 saturated carbocycles. The predicted molar refractivity (Wildman–Crippen MR) is 94.9 cm³/mol. The number of likely N-dealkylation sites (N-methyl/N-ethyl adjacent to an activating group) is 1. The number of anilines is 1. The number of amides is 1. The molecule has 2 aliphatic rings. The number of fused-ring (bicyclic) bond motifs is 1. The number of hydrogen-bond donors (Lipinski definition) is 0. The third kappa shape index (κ3) is 2.83.